The van der Waals surface area contributed by atoms with Gasteiger partial charge in [-0.2, -0.15) is 0 Å². The molecule has 2 rings (SSSR count). The molecule has 1 saturated carbocycles. The van der Waals surface area contributed by atoms with Gasteiger partial charge >= 0.3 is 0 Å². The molecule has 0 aromatic heterocycles. The van der Waals surface area contributed by atoms with E-state index in [-0.39, 0.29) is 10.6 Å². The Balaban J connectivity index is 2.09. The van der Waals surface area contributed by atoms with Crippen molar-refractivity contribution < 1.29 is 9.66 Å². The molecule has 0 aliphatic heterocycles. The van der Waals surface area contributed by atoms with E-state index < -0.39 is 0 Å². The van der Waals surface area contributed by atoms with Gasteiger partial charge in [0.1, 0.15) is 5.75 Å². The van der Waals surface area contributed by atoms with Gasteiger partial charge in [0.15, 0.2) is 0 Å². The number of rotatable bonds is 8. The standard InChI is InChI=1S/C16H24N2O3/c1-3-8-21-15-10-13(9-14(11-15)18(19)20)17-12-16(4-2)6-5-7-16/h9-11,17H,3-8,12H2,1-2H3. The summed E-state index contributed by atoms with van der Waals surface area (Å²) in [5.74, 6) is 0.563. The van der Waals surface area contributed by atoms with Crippen molar-refractivity contribution in [3.8, 4) is 5.75 Å². The lowest BCUT2D eigenvalue weighted by Crippen LogP contribution is -2.35. The Labute approximate surface area is 125 Å². The van der Waals surface area contributed by atoms with Crippen molar-refractivity contribution in [3.63, 3.8) is 0 Å². The molecule has 1 fully saturated rings. The lowest BCUT2D eigenvalue weighted by molar-refractivity contribution is -0.384. The molecule has 1 aromatic carbocycles. The largest absolute Gasteiger partial charge is 0.493 e. The van der Waals surface area contributed by atoms with Crippen LogP contribution < -0.4 is 10.1 Å². The van der Waals surface area contributed by atoms with E-state index in [1.165, 1.54) is 25.3 Å². The van der Waals surface area contributed by atoms with E-state index in [0.717, 1.165) is 25.1 Å². The Bertz CT molecular complexity index is 493. The fourth-order valence-electron chi connectivity index (χ4n) is 2.72. The monoisotopic (exact) mass is 292 g/mol. The molecule has 0 atom stereocenters. The molecule has 0 radical (unpaired) electrons. The second-order valence-electron chi connectivity index (χ2n) is 5.88. The summed E-state index contributed by atoms with van der Waals surface area (Å²) >= 11 is 0. The fourth-order valence-corrected chi connectivity index (χ4v) is 2.72. The highest BCUT2D eigenvalue weighted by molar-refractivity contribution is 5.56. The van der Waals surface area contributed by atoms with Crippen LogP contribution in [-0.4, -0.2) is 18.1 Å². The summed E-state index contributed by atoms with van der Waals surface area (Å²) in [6, 6.07) is 4.92. The van der Waals surface area contributed by atoms with Crippen LogP contribution in [0, 0.1) is 15.5 Å². The highest BCUT2D eigenvalue weighted by Gasteiger charge is 2.34. The molecule has 1 aliphatic rings. The number of hydrogen-bond donors (Lipinski definition) is 1. The minimum atomic E-state index is -0.372. The topological polar surface area (TPSA) is 64.4 Å². The number of nitrogens with zero attached hydrogens (tertiary/aromatic N) is 1. The molecule has 5 heteroatoms. The molecular formula is C16H24N2O3. The average molecular weight is 292 g/mol. The summed E-state index contributed by atoms with van der Waals surface area (Å²) in [4.78, 5) is 10.7. The van der Waals surface area contributed by atoms with Crippen molar-refractivity contribution in [2.24, 2.45) is 5.41 Å². The van der Waals surface area contributed by atoms with Crippen molar-refractivity contribution >= 4 is 11.4 Å². The maximum atomic E-state index is 11.0. The van der Waals surface area contributed by atoms with Gasteiger partial charge in [0.05, 0.1) is 17.6 Å². The molecule has 0 amide bonds. The van der Waals surface area contributed by atoms with Gasteiger partial charge in [0, 0.05) is 24.4 Å². The third-order valence-corrected chi connectivity index (χ3v) is 4.41. The van der Waals surface area contributed by atoms with E-state index in [1.807, 2.05) is 13.0 Å². The Kier molecular flexibility index (Phi) is 5.04. The number of benzene rings is 1. The van der Waals surface area contributed by atoms with Crippen LogP contribution in [0.15, 0.2) is 18.2 Å². The first-order chi connectivity index (χ1) is 10.1. The third-order valence-electron chi connectivity index (χ3n) is 4.41. The third kappa shape index (κ3) is 3.86. The van der Waals surface area contributed by atoms with Gasteiger partial charge in [0.2, 0.25) is 0 Å². The van der Waals surface area contributed by atoms with Crippen molar-refractivity contribution in [1.82, 2.24) is 0 Å². The summed E-state index contributed by atoms with van der Waals surface area (Å²) in [6.45, 7) is 5.67. The van der Waals surface area contributed by atoms with E-state index in [1.54, 1.807) is 6.07 Å². The maximum absolute atomic E-state index is 11.0. The minimum Gasteiger partial charge on any atom is -0.493 e. The van der Waals surface area contributed by atoms with Crippen molar-refractivity contribution in [2.75, 3.05) is 18.5 Å². The molecule has 1 aromatic rings. The Morgan fingerprint density at radius 3 is 2.62 bits per heavy atom. The first-order valence-corrected chi connectivity index (χ1v) is 7.75. The van der Waals surface area contributed by atoms with Crippen LogP contribution in [0.1, 0.15) is 46.0 Å². The number of non-ortho nitro benzene ring substituents is 1. The van der Waals surface area contributed by atoms with E-state index in [9.17, 15) is 10.1 Å². The summed E-state index contributed by atoms with van der Waals surface area (Å²) in [7, 11) is 0. The summed E-state index contributed by atoms with van der Waals surface area (Å²) in [5.41, 5.74) is 1.22. The van der Waals surface area contributed by atoms with Crippen LogP contribution in [0.25, 0.3) is 0 Å². The zero-order valence-electron chi connectivity index (χ0n) is 12.9. The number of hydrogen-bond acceptors (Lipinski definition) is 4. The number of anilines is 1. The molecule has 0 bridgehead atoms. The molecule has 1 N–H and O–H groups in total. The summed E-state index contributed by atoms with van der Waals surface area (Å²) < 4.78 is 5.54. The first-order valence-electron chi connectivity index (χ1n) is 7.75. The second-order valence-corrected chi connectivity index (χ2v) is 5.88. The zero-order chi connectivity index (χ0) is 15.3. The Morgan fingerprint density at radius 1 is 1.33 bits per heavy atom. The van der Waals surface area contributed by atoms with Crippen LogP contribution in [0.2, 0.25) is 0 Å². The molecule has 0 heterocycles. The maximum Gasteiger partial charge on any atom is 0.275 e. The van der Waals surface area contributed by atoms with Gasteiger partial charge in [-0.15, -0.1) is 0 Å². The van der Waals surface area contributed by atoms with Crippen LogP contribution >= 0.6 is 0 Å². The number of ether oxygens (including phenoxy) is 1. The van der Waals surface area contributed by atoms with Gasteiger partial charge in [-0.1, -0.05) is 20.3 Å². The van der Waals surface area contributed by atoms with Gasteiger partial charge in [-0.05, 0) is 31.1 Å². The first kappa shape index (κ1) is 15.6. The van der Waals surface area contributed by atoms with E-state index in [4.69, 9.17) is 4.74 Å². The van der Waals surface area contributed by atoms with E-state index >= 15 is 0 Å². The van der Waals surface area contributed by atoms with Crippen molar-refractivity contribution in [1.29, 1.82) is 0 Å². The quantitative estimate of drug-likeness (QED) is 0.570. The number of nitro benzene ring substituents is 1. The highest BCUT2D eigenvalue weighted by atomic mass is 16.6. The summed E-state index contributed by atoms with van der Waals surface area (Å²) in [5, 5.41) is 14.4. The molecule has 1 aliphatic carbocycles. The smallest absolute Gasteiger partial charge is 0.275 e. The predicted molar refractivity (Wildman–Crippen MR) is 83.9 cm³/mol. The van der Waals surface area contributed by atoms with E-state index in [2.05, 4.69) is 12.2 Å². The average Bonchev–Trinajstić information content (AvgIpc) is 2.44. The second kappa shape index (κ2) is 6.78. The molecular weight excluding hydrogens is 268 g/mol. The van der Waals surface area contributed by atoms with Crippen LogP contribution in [-0.2, 0) is 0 Å². The minimum absolute atomic E-state index is 0.0743. The normalized spacial score (nSPS) is 16.1. The molecule has 21 heavy (non-hydrogen) atoms. The molecule has 116 valence electrons. The SMILES string of the molecule is CCCOc1cc(NCC2(CC)CCC2)cc([N+](=O)[O-])c1. The van der Waals surface area contributed by atoms with Gasteiger partial charge in [-0.3, -0.25) is 10.1 Å². The lowest BCUT2D eigenvalue weighted by atomic mass is 9.67. The van der Waals surface area contributed by atoms with Crippen LogP contribution in [0.4, 0.5) is 11.4 Å². The Morgan fingerprint density at radius 2 is 2.10 bits per heavy atom. The van der Waals surface area contributed by atoms with Gasteiger partial charge < -0.3 is 10.1 Å². The van der Waals surface area contributed by atoms with Gasteiger partial charge in [0.25, 0.3) is 5.69 Å². The number of nitro groups is 1. The lowest BCUT2D eigenvalue weighted by Gasteiger charge is -2.41. The molecule has 0 saturated heterocycles. The zero-order valence-corrected chi connectivity index (χ0v) is 12.9. The van der Waals surface area contributed by atoms with Crippen LogP contribution in [0.3, 0.4) is 0 Å². The predicted octanol–water partition coefficient (Wildman–Crippen LogP) is 4.38. The van der Waals surface area contributed by atoms with Crippen molar-refractivity contribution in [2.45, 2.75) is 46.0 Å². The molecule has 0 unspecified atom stereocenters. The highest BCUT2D eigenvalue weighted by Crippen LogP contribution is 2.43. The fraction of sp³-hybridized carbons (Fsp3) is 0.625. The van der Waals surface area contributed by atoms with E-state index in [0.29, 0.717) is 17.8 Å². The van der Waals surface area contributed by atoms with Crippen LogP contribution in [0.5, 0.6) is 5.75 Å². The molecule has 5 nitrogen and oxygen atoms in total. The number of nitrogens with one attached hydrogen (secondary N) is 1. The van der Waals surface area contributed by atoms with Crippen molar-refractivity contribution in [3.05, 3.63) is 28.3 Å². The summed E-state index contributed by atoms with van der Waals surface area (Å²) in [6.07, 6.45) is 5.79. The van der Waals surface area contributed by atoms with Gasteiger partial charge in [-0.25, -0.2) is 0 Å². The Hall–Kier alpha value is -1.78. The molecule has 0 spiro atoms.